The van der Waals surface area contributed by atoms with Crippen molar-refractivity contribution in [1.29, 1.82) is 0 Å². The minimum atomic E-state index is 0.185. The van der Waals surface area contributed by atoms with Crippen molar-refractivity contribution in [2.45, 2.75) is 38.1 Å². The van der Waals surface area contributed by atoms with Gasteiger partial charge in [-0.1, -0.05) is 12.1 Å². The Morgan fingerprint density at radius 1 is 1.08 bits per heavy atom. The molecule has 5 nitrogen and oxygen atoms in total. The predicted molar refractivity (Wildman–Crippen MR) is 97.4 cm³/mol. The van der Waals surface area contributed by atoms with Gasteiger partial charge in [-0.2, -0.15) is 5.10 Å². The van der Waals surface area contributed by atoms with Gasteiger partial charge < -0.3 is 4.90 Å². The number of hydrogen-bond donors (Lipinski definition) is 1. The molecule has 25 heavy (non-hydrogen) atoms. The largest absolute Gasteiger partial charge is 0.339 e. The average Bonchev–Trinajstić information content (AvgIpc) is 3.36. The molecule has 2 aliphatic rings. The number of carbonyl (C=O) groups is 1. The topological polar surface area (TPSA) is 52.2 Å². The number of aromatic amines is 1. The highest BCUT2D eigenvalue weighted by molar-refractivity contribution is 5.94. The molecule has 4 rings (SSSR count). The molecule has 2 aliphatic heterocycles. The lowest BCUT2D eigenvalue weighted by Crippen LogP contribution is -2.32. The predicted octanol–water partition coefficient (Wildman–Crippen LogP) is 3.03. The molecule has 0 aliphatic carbocycles. The summed E-state index contributed by atoms with van der Waals surface area (Å²) in [7, 11) is 0. The first kappa shape index (κ1) is 16.3. The second-order valence-electron chi connectivity index (χ2n) is 7.28. The van der Waals surface area contributed by atoms with E-state index in [1.54, 1.807) is 0 Å². The van der Waals surface area contributed by atoms with Gasteiger partial charge in [-0.05, 0) is 68.0 Å². The Bertz CT molecular complexity index is 681. The van der Waals surface area contributed by atoms with Gasteiger partial charge in [-0.25, -0.2) is 0 Å². The number of rotatable bonds is 4. The lowest BCUT2D eigenvalue weighted by Gasteiger charge is -2.31. The van der Waals surface area contributed by atoms with Gasteiger partial charge >= 0.3 is 0 Å². The second kappa shape index (κ2) is 7.40. The van der Waals surface area contributed by atoms with E-state index in [9.17, 15) is 4.79 Å². The number of carbonyl (C=O) groups excluding carboxylic acids is 1. The zero-order valence-corrected chi connectivity index (χ0v) is 14.7. The van der Waals surface area contributed by atoms with Crippen LogP contribution in [0.4, 0.5) is 0 Å². The number of benzene rings is 1. The number of amides is 1. The molecule has 1 aromatic heterocycles. The third-order valence-electron chi connectivity index (χ3n) is 5.58. The van der Waals surface area contributed by atoms with E-state index in [0.29, 0.717) is 5.92 Å². The van der Waals surface area contributed by atoms with Crippen LogP contribution in [0.15, 0.2) is 36.7 Å². The van der Waals surface area contributed by atoms with Gasteiger partial charge in [0, 0.05) is 31.4 Å². The summed E-state index contributed by atoms with van der Waals surface area (Å²) in [6, 6.07) is 8.22. The molecule has 2 saturated heterocycles. The average molecular weight is 338 g/mol. The molecular weight excluding hydrogens is 312 g/mol. The van der Waals surface area contributed by atoms with Crippen LogP contribution in [-0.2, 0) is 6.54 Å². The van der Waals surface area contributed by atoms with Gasteiger partial charge in [0.1, 0.15) is 0 Å². The van der Waals surface area contributed by atoms with Crippen molar-refractivity contribution < 1.29 is 4.79 Å². The number of H-pyrrole nitrogens is 1. The van der Waals surface area contributed by atoms with Gasteiger partial charge in [0.15, 0.2) is 0 Å². The van der Waals surface area contributed by atoms with Crippen molar-refractivity contribution in [3.8, 4) is 0 Å². The fourth-order valence-electron chi connectivity index (χ4n) is 4.02. The summed E-state index contributed by atoms with van der Waals surface area (Å²) in [6.07, 6.45) is 8.63. The number of likely N-dealkylation sites (tertiary alicyclic amines) is 2. The van der Waals surface area contributed by atoms with E-state index in [1.165, 1.54) is 24.0 Å². The second-order valence-corrected chi connectivity index (χ2v) is 7.28. The van der Waals surface area contributed by atoms with Gasteiger partial charge in [-0.3, -0.25) is 14.8 Å². The van der Waals surface area contributed by atoms with E-state index in [-0.39, 0.29) is 5.91 Å². The Morgan fingerprint density at radius 2 is 1.80 bits per heavy atom. The molecule has 132 valence electrons. The van der Waals surface area contributed by atoms with Crippen LogP contribution in [0.1, 0.15) is 53.1 Å². The van der Waals surface area contributed by atoms with Crippen LogP contribution < -0.4 is 0 Å². The summed E-state index contributed by atoms with van der Waals surface area (Å²) >= 11 is 0. The van der Waals surface area contributed by atoms with Crippen LogP contribution in [0.25, 0.3) is 0 Å². The van der Waals surface area contributed by atoms with Crippen LogP contribution in [-0.4, -0.2) is 52.1 Å². The zero-order valence-electron chi connectivity index (χ0n) is 14.7. The summed E-state index contributed by atoms with van der Waals surface area (Å²) < 4.78 is 0. The Morgan fingerprint density at radius 3 is 2.44 bits per heavy atom. The molecule has 0 saturated carbocycles. The molecule has 0 radical (unpaired) electrons. The third-order valence-corrected chi connectivity index (χ3v) is 5.58. The lowest BCUT2D eigenvalue weighted by molar-refractivity contribution is 0.0793. The standard InChI is InChI=1S/C20H26N4O/c25-20(24-9-1-2-10-24)18-5-3-16(4-6-18)15-23-11-7-17(8-12-23)19-13-21-22-14-19/h3-6,13-14,17H,1-2,7-12,15H2,(H,21,22). The van der Waals surface area contributed by atoms with Crippen LogP contribution in [0.5, 0.6) is 0 Å². The van der Waals surface area contributed by atoms with E-state index < -0.39 is 0 Å². The number of nitrogens with zero attached hydrogens (tertiary/aromatic N) is 3. The molecule has 1 N–H and O–H groups in total. The first-order valence-electron chi connectivity index (χ1n) is 9.39. The smallest absolute Gasteiger partial charge is 0.253 e. The SMILES string of the molecule is O=C(c1ccc(CN2CCC(c3cn[nH]c3)CC2)cc1)N1CCCC1. The highest BCUT2D eigenvalue weighted by Crippen LogP contribution is 2.27. The molecule has 2 fully saturated rings. The quantitative estimate of drug-likeness (QED) is 0.932. The van der Waals surface area contributed by atoms with E-state index in [0.717, 1.165) is 51.1 Å². The number of hydrogen-bond acceptors (Lipinski definition) is 3. The fourth-order valence-corrected chi connectivity index (χ4v) is 4.02. The van der Waals surface area contributed by atoms with Crippen molar-refractivity contribution in [2.24, 2.45) is 0 Å². The van der Waals surface area contributed by atoms with Gasteiger partial charge in [0.05, 0.1) is 6.20 Å². The zero-order chi connectivity index (χ0) is 17.1. The van der Waals surface area contributed by atoms with E-state index in [2.05, 4.69) is 27.2 Å². The van der Waals surface area contributed by atoms with E-state index in [4.69, 9.17) is 0 Å². The highest BCUT2D eigenvalue weighted by Gasteiger charge is 2.22. The molecule has 0 bridgehead atoms. The van der Waals surface area contributed by atoms with Crippen molar-refractivity contribution in [3.63, 3.8) is 0 Å². The maximum atomic E-state index is 12.4. The van der Waals surface area contributed by atoms with Crippen LogP contribution in [0, 0.1) is 0 Å². The molecular formula is C20H26N4O. The van der Waals surface area contributed by atoms with E-state index in [1.807, 2.05) is 29.4 Å². The normalized spacial score (nSPS) is 19.4. The minimum Gasteiger partial charge on any atom is -0.339 e. The Kier molecular flexibility index (Phi) is 4.83. The maximum absolute atomic E-state index is 12.4. The lowest BCUT2D eigenvalue weighted by atomic mass is 9.91. The monoisotopic (exact) mass is 338 g/mol. The summed E-state index contributed by atoms with van der Waals surface area (Å²) in [5, 5.41) is 6.98. The molecule has 1 aromatic carbocycles. The van der Waals surface area contributed by atoms with Crippen molar-refractivity contribution in [1.82, 2.24) is 20.0 Å². The molecule has 1 amide bonds. The molecule has 3 heterocycles. The first-order chi connectivity index (χ1) is 12.3. The van der Waals surface area contributed by atoms with Crippen LogP contribution in [0.2, 0.25) is 0 Å². The van der Waals surface area contributed by atoms with Crippen molar-refractivity contribution >= 4 is 5.91 Å². The van der Waals surface area contributed by atoms with Crippen LogP contribution in [0.3, 0.4) is 0 Å². The number of piperidine rings is 1. The van der Waals surface area contributed by atoms with Gasteiger partial charge in [-0.15, -0.1) is 0 Å². The summed E-state index contributed by atoms with van der Waals surface area (Å²) in [5.74, 6) is 0.820. The molecule has 0 atom stereocenters. The van der Waals surface area contributed by atoms with Crippen molar-refractivity contribution in [3.05, 3.63) is 53.3 Å². The number of nitrogens with one attached hydrogen (secondary N) is 1. The first-order valence-corrected chi connectivity index (χ1v) is 9.39. The highest BCUT2D eigenvalue weighted by atomic mass is 16.2. The molecule has 2 aromatic rings. The Balaban J connectivity index is 1.30. The third kappa shape index (κ3) is 3.76. The Hall–Kier alpha value is -2.14. The summed E-state index contributed by atoms with van der Waals surface area (Å²) in [6.45, 7) is 5.02. The maximum Gasteiger partial charge on any atom is 0.253 e. The van der Waals surface area contributed by atoms with Crippen molar-refractivity contribution in [2.75, 3.05) is 26.2 Å². The van der Waals surface area contributed by atoms with Gasteiger partial charge in [0.25, 0.3) is 5.91 Å². The molecule has 0 unspecified atom stereocenters. The fraction of sp³-hybridized carbons (Fsp3) is 0.500. The molecule has 5 heteroatoms. The molecule has 0 spiro atoms. The van der Waals surface area contributed by atoms with Gasteiger partial charge in [0.2, 0.25) is 0 Å². The number of aromatic nitrogens is 2. The minimum absolute atomic E-state index is 0.185. The Labute approximate surface area is 149 Å². The summed E-state index contributed by atoms with van der Waals surface area (Å²) in [4.78, 5) is 16.9. The summed E-state index contributed by atoms with van der Waals surface area (Å²) in [5.41, 5.74) is 3.45. The van der Waals surface area contributed by atoms with E-state index >= 15 is 0 Å². The van der Waals surface area contributed by atoms with Crippen LogP contribution >= 0.6 is 0 Å².